The van der Waals surface area contributed by atoms with Gasteiger partial charge in [0.25, 0.3) is 0 Å². The molecule has 0 amide bonds. The number of ether oxygens (including phenoxy) is 1. The number of pyridine rings is 1. The third-order valence-electron chi connectivity index (χ3n) is 2.24. The van der Waals surface area contributed by atoms with E-state index in [1.54, 1.807) is 30.3 Å². The molecule has 0 fully saturated rings. The number of benzene rings is 1. The Kier molecular flexibility index (Phi) is 4.39. The number of hydrogen-bond donors (Lipinski definition) is 1. The van der Waals surface area contributed by atoms with Crippen LogP contribution in [0.15, 0.2) is 41.0 Å². The maximum Gasteiger partial charge on any atom is 0.307 e. The Bertz CT molecular complexity index is 619. The lowest BCUT2D eigenvalue weighted by molar-refractivity contribution is -0.136. The van der Waals surface area contributed by atoms with Crippen LogP contribution in [0.25, 0.3) is 0 Å². The second-order valence-corrected chi connectivity index (χ2v) is 5.05. The molecule has 4 nitrogen and oxygen atoms in total. The average molecular weight is 343 g/mol. The van der Waals surface area contributed by atoms with Gasteiger partial charge in [0.2, 0.25) is 5.88 Å². The van der Waals surface area contributed by atoms with Gasteiger partial charge in [-0.25, -0.2) is 4.98 Å². The predicted molar refractivity (Wildman–Crippen MR) is 74.8 cm³/mol. The minimum atomic E-state index is -0.886. The van der Waals surface area contributed by atoms with Crippen LogP contribution in [0, 0.1) is 0 Å². The summed E-state index contributed by atoms with van der Waals surface area (Å²) in [4.78, 5) is 14.7. The third kappa shape index (κ3) is 3.94. The maximum absolute atomic E-state index is 10.7. The van der Waals surface area contributed by atoms with Crippen molar-refractivity contribution in [3.63, 3.8) is 0 Å². The van der Waals surface area contributed by atoms with Crippen LogP contribution in [0.4, 0.5) is 0 Å². The van der Waals surface area contributed by atoms with E-state index in [2.05, 4.69) is 20.9 Å². The smallest absolute Gasteiger partial charge is 0.307 e. The summed E-state index contributed by atoms with van der Waals surface area (Å²) in [6.45, 7) is 0. The summed E-state index contributed by atoms with van der Waals surface area (Å²) in [5, 5.41) is 9.25. The molecule has 2 rings (SSSR count). The molecule has 0 radical (unpaired) electrons. The SMILES string of the molecule is O=C(O)Cc1cccc(Oc2ncc(Cl)cc2Br)c1. The van der Waals surface area contributed by atoms with Crippen LogP contribution in [-0.2, 0) is 11.2 Å². The van der Waals surface area contributed by atoms with E-state index in [1.165, 1.54) is 6.20 Å². The largest absolute Gasteiger partial charge is 0.481 e. The average Bonchev–Trinajstić information content (AvgIpc) is 2.32. The topological polar surface area (TPSA) is 59.4 Å². The molecule has 19 heavy (non-hydrogen) atoms. The van der Waals surface area contributed by atoms with Gasteiger partial charge in [0.05, 0.1) is 15.9 Å². The zero-order chi connectivity index (χ0) is 13.8. The number of halogens is 2. The van der Waals surface area contributed by atoms with Crippen molar-refractivity contribution in [2.24, 2.45) is 0 Å². The highest BCUT2D eigenvalue weighted by Crippen LogP contribution is 2.29. The van der Waals surface area contributed by atoms with Crippen molar-refractivity contribution in [2.45, 2.75) is 6.42 Å². The molecule has 6 heteroatoms. The summed E-state index contributed by atoms with van der Waals surface area (Å²) >= 11 is 9.09. The maximum atomic E-state index is 10.7. The second kappa shape index (κ2) is 6.04. The van der Waals surface area contributed by atoms with E-state index in [0.717, 1.165) is 0 Å². The second-order valence-electron chi connectivity index (χ2n) is 3.76. The van der Waals surface area contributed by atoms with Gasteiger partial charge in [0, 0.05) is 6.20 Å². The van der Waals surface area contributed by atoms with Crippen molar-refractivity contribution < 1.29 is 14.6 Å². The minimum Gasteiger partial charge on any atom is -0.481 e. The third-order valence-corrected chi connectivity index (χ3v) is 3.02. The molecule has 0 unspecified atom stereocenters. The van der Waals surface area contributed by atoms with E-state index >= 15 is 0 Å². The van der Waals surface area contributed by atoms with E-state index in [-0.39, 0.29) is 6.42 Å². The Morgan fingerprint density at radius 3 is 2.89 bits per heavy atom. The van der Waals surface area contributed by atoms with Gasteiger partial charge < -0.3 is 9.84 Å². The predicted octanol–water partition coefficient (Wildman–Crippen LogP) is 3.92. The molecule has 98 valence electrons. The van der Waals surface area contributed by atoms with Crippen molar-refractivity contribution in [1.82, 2.24) is 4.98 Å². The Morgan fingerprint density at radius 2 is 2.21 bits per heavy atom. The Labute approximate surface area is 123 Å². The van der Waals surface area contributed by atoms with Crippen LogP contribution >= 0.6 is 27.5 Å². The molecule has 1 N–H and O–H groups in total. The lowest BCUT2D eigenvalue weighted by atomic mass is 10.1. The number of nitrogens with zero attached hydrogens (tertiary/aromatic N) is 1. The van der Waals surface area contributed by atoms with Crippen molar-refractivity contribution in [3.8, 4) is 11.6 Å². The van der Waals surface area contributed by atoms with E-state index in [9.17, 15) is 4.79 Å². The molecule has 0 atom stereocenters. The fourth-order valence-corrected chi connectivity index (χ4v) is 2.20. The molecule has 0 aliphatic rings. The van der Waals surface area contributed by atoms with Gasteiger partial charge in [0.15, 0.2) is 0 Å². The summed E-state index contributed by atoms with van der Waals surface area (Å²) < 4.78 is 6.21. The first-order valence-corrected chi connectivity index (χ1v) is 6.51. The number of carboxylic acid groups (broad SMARTS) is 1. The molecule has 1 aromatic carbocycles. The summed E-state index contributed by atoms with van der Waals surface area (Å²) in [6, 6.07) is 8.53. The van der Waals surface area contributed by atoms with E-state index in [1.807, 2.05) is 0 Å². The van der Waals surface area contributed by atoms with Crippen LogP contribution in [0.1, 0.15) is 5.56 Å². The monoisotopic (exact) mass is 341 g/mol. The molecule has 0 saturated carbocycles. The number of rotatable bonds is 4. The summed E-state index contributed by atoms with van der Waals surface area (Å²) in [6.07, 6.45) is 1.43. The van der Waals surface area contributed by atoms with Gasteiger partial charge in [0.1, 0.15) is 5.75 Å². The van der Waals surface area contributed by atoms with E-state index in [0.29, 0.717) is 26.7 Å². The first-order chi connectivity index (χ1) is 9.04. The molecule has 0 spiro atoms. The Balaban J connectivity index is 2.21. The van der Waals surface area contributed by atoms with Crippen molar-refractivity contribution >= 4 is 33.5 Å². The van der Waals surface area contributed by atoms with E-state index < -0.39 is 5.97 Å². The van der Waals surface area contributed by atoms with Crippen LogP contribution < -0.4 is 4.74 Å². The van der Waals surface area contributed by atoms with E-state index in [4.69, 9.17) is 21.4 Å². The zero-order valence-electron chi connectivity index (χ0n) is 9.64. The molecule has 1 heterocycles. The van der Waals surface area contributed by atoms with Gasteiger partial charge >= 0.3 is 5.97 Å². The first-order valence-electron chi connectivity index (χ1n) is 5.34. The fourth-order valence-electron chi connectivity index (χ4n) is 1.48. The summed E-state index contributed by atoms with van der Waals surface area (Å²) in [7, 11) is 0. The van der Waals surface area contributed by atoms with Gasteiger partial charge in [-0.15, -0.1) is 0 Å². The van der Waals surface area contributed by atoms with Crippen molar-refractivity contribution in [3.05, 3.63) is 51.6 Å². The highest BCUT2D eigenvalue weighted by atomic mass is 79.9. The molecule has 0 saturated heterocycles. The number of aromatic nitrogens is 1. The van der Waals surface area contributed by atoms with Crippen LogP contribution in [0.5, 0.6) is 11.6 Å². The van der Waals surface area contributed by atoms with Gasteiger partial charge in [-0.1, -0.05) is 23.7 Å². The zero-order valence-corrected chi connectivity index (χ0v) is 12.0. The number of carbonyl (C=O) groups is 1. The van der Waals surface area contributed by atoms with Crippen LogP contribution in [-0.4, -0.2) is 16.1 Å². The van der Waals surface area contributed by atoms with Gasteiger partial charge in [-0.3, -0.25) is 4.79 Å². The molecule has 0 bridgehead atoms. The molecule has 0 aliphatic heterocycles. The number of aliphatic carboxylic acids is 1. The molecule has 1 aromatic heterocycles. The van der Waals surface area contributed by atoms with Gasteiger partial charge in [-0.2, -0.15) is 0 Å². The Hall–Kier alpha value is -1.59. The molecule has 2 aromatic rings. The number of carboxylic acids is 1. The standard InChI is InChI=1S/C13H9BrClNO3/c14-11-6-9(15)7-16-13(11)19-10-3-1-2-8(4-10)5-12(17)18/h1-4,6-7H,5H2,(H,17,18). The highest BCUT2D eigenvalue weighted by molar-refractivity contribution is 9.10. The van der Waals surface area contributed by atoms with Crippen LogP contribution in [0.3, 0.4) is 0 Å². The quantitative estimate of drug-likeness (QED) is 0.915. The highest BCUT2D eigenvalue weighted by Gasteiger charge is 2.07. The Morgan fingerprint density at radius 1 is 1.42 bits per heavy atom. The van der Waals surface area contributed by atoms with Gasteiger partial charge in [-0.05, 0) is 39.7 Å². The fraction of sp³-hybridized carbons (Fsp3) is 0.0769. The minimum absolute atomic E-state index is 0.0492. The molecular formula is C13H9BrClNO3. The molecular weight excluding hydrogens is 334 g/mol. The first kappa shape index (κ1) is 13.8. The van der Waals surface area contributed by atoms with Crippen molar-refractivity contribution in [2.75, 3.05) is 0 Å². The number of hydrogen-bond acceptors (Lipinski definition) is 3. The lowest BCUT2D eigenvalue weighted by Gasteiger charge is -2.07. The summed E-state index contributed by atoms with van der Waals surface area (Å²) in [5.74, 6) is 0.00842. The van der Waals surface area contributed by atoms with Crippen LogP contribution in [0.2, 0.25) is 5.02 Å². The normalized spacial score (nSPS) is 10.2. The lowest BCUT2D eigenvalue weighted by Crippen LogP contribution is -2.00. The molecule has 0 aliphatic carbocycles. The summed E-state index contributed by atoms with van der Waals surface area (Å²) in [5.41, 5.74) is 0.662. The van der Waals surface area contributed by atoms with Crippen molar-refractivity contribution in [1.29, 1.82) is 0 Å².